The fourth-order valence-electron chi connectivity index (χ4n) is 0.332. The van der Waals surface area contributed by atoms with Gasteiger partial charge in [0, 0.05) is 0 Å². The molecule has 0 rings (SSSR count). The van der Waals surface area contributed by atoms with Crippen molar-refractivity contribution >= 4 is 0 Å². The molecular formula is C8F12. The maximum Gasteiger partial charge on any atom is 0.308 e. The Bertz CT molecular complexity index is 364. The number of allylic oxidation sites excluding steroid dienone is 4. The van der Waals surface area contributed by atoms with Crippen LogP contribution < -0.4 is 0 Å². The highest BCUT2D eigenvalue weighted by molar-refractivity contribution is 5.19. The molecule has 0 aromatic rings. The summed E-state index contributed by atoms with van der Waals surface area (Å²) in [5, 5.41) is 0. The first kappa shape index (κ1) is 20.4. The molecule has 0 aromatic heterocycles. The number of rotatable bonds is 2. The first-order valence-corrected chi connectivity index (χ1v) is 3.77. The molecular weight excluding hydrogens is 324 g/mol. The molecule has 0 unspecified atom stereocenters. The van der Waals surface area contributed by atoms with Gasteiger partial charge in [0.05, 0.1) is 0 Å². The van der Waals surface area contributed by atoms with E-state index < -0.39 is 47.6 Å². The monoisotopic (exact) mass is 324 g/mol. The van der Waals surface area contributed by atoms with Crippen LogP contribution in [-0.2, 0) is 0 Å². The predicted octanol–water partition coefficient (Wildman–Crippen LogP) is 6.28. The maximum absolute atomic E-state index is 11.4. The summed E-state index contributed by atoms with van der Waals surface area (Å²) in [7, 11) is 0. The van der Waals surface area contributed by atoms with Crippen LogP contribution in [0.3, 0.4) is 0 Å². The van der Waals surface area contributed by atoms with E-state index in [0.29, 0.717) is 0 Å². The molecule has 0 saturated carbocycles. The molecule has 0 spiro atoms. The van der Waals surface area contributed by atoms with Gasteiger partial charge in [0.1, 0.15) is 0 Å². The Kier molecular flexibility index (Phi) is 9.29. The van der Waals surface area contributed by atoms with Gasteiger partial charge in [-0.15, -0.1) is 0 Å². The second kappa shape index (κ2) is 9.09. The first-order valence-electron chi connectivity index (χ1n) is 3.77. The molecule has 0 heterocycles. The van der Waals surface area contributed by atoms with Crippen LogP contribution in [0.15, 0.2) is 47.6 Å². The molecule has 0 aromatic carbocycles. The third-order valence-electron chi connectivity index (χ3n) is 1.05. The minimum absolute atomic E-state index is 2.82. The van der Waals surface area contributed by atoms with Crippen molar-refractivity contribution < 1.29 is 52.7 Å². The molecule has 0 N–H and O–H groups in total. The van der Waals surface area contributed by atoms with Crippen molar-refractivity contribution in [2.75, 3.05) is 0 Å². The minimum atomic E-state index is -3.11. The van der Waals surface area contributed by atoms with Crippen molar-refractivity contribution in [3.63, 3.8) is 0 Å². The molecule has 0 aliphatic carbocycles. The number of hydrogen-bond donors (Lipinski definition) is 0. The smallest absolute Gasteiger partial charge is 0.198 e. The van der Waals surface area contributed by atoms with Crippen molar-refractivity contribution in [2.45, 2.75) is 0 Å². The summed E-state index contributed by atoms with van der Waals surface area (Å²) in [6, 6.07) is 0. The summed E-state index contributed by atoms with van der Waals surface area (Å²) in [6.07, 6.45) is -12.4. The van der Waals surface area contributed by atoms with Gasteiger partial charge in [-0.1, -0.05) is 0 Å². The standard InChI is InChI=1S/2C4F6/c2*5-1(3(7)8)2(6)4(9)10. The van der Waals surface area contributed by atoms with Crippen LogP contribution in [-0.4, -0.2) is 0 Å². The van der Waals surface area contributed by atoms with Gasteiger partial charge in [0.2, 0.25) is 23.3 Å². The van der Waals surface area contributed by atoms with Crippen LogP contribution in [0, 0.1) is 0 Å². The van der Waals surface area contributed by atoms with Gasteiger partial charge in [0.15, 0.2) is 0 Å². The van der Waals surface area contributed by atoms with Crippen molar-refractivity contribution in [1.82, 2.24) is 0 Å². The fourth-order valence-corrected chi connectivity index (χ4v) is 0.332. The molecule has 0 radical (unpaired) electrons. The number of hydrogen-bond acceptors (Lipinski definition) is 0. The van der Waals surface area contributed by atoms with Crippen molar-refractivity contribution in [1.29, 1.82) is 0 Å². The zero-order chi connectivity index (χ0) is 16.6. The molecule has 12 heteroatoms. The summed E-state index contributed by atoms with van der Waals surface area (Å²) in [6.45, 7) is 0. The van der Waals surface area contributed by atoms with E-state index in [1.165, 1.54) is 0 Å². The molecule has 0 nitrogen and oxygen atoms in total. The van der Waals surface area contributed by atoms with E-state index in [2.05, 4.69) is 0 Å². The molecule has 0 aliphatic rings. The summed E-state index contributed by atoms with van der Waals surface area (Å²) in [4.78, 5) is 0. The third kappa shape index (κ3) is 7.53. The quantitative estimate of drug-likeness (QED) is 0.414. The lowest BCUT2D eigenvalue weighted by atomic mass is 10.5. The first-order chi connectivity index (χ1) is 8.93. The summed E-state index contributed by atoms with van der Waals surface area (Å²) in [5.41, 5.74) is 0. The average molecular weight is 324 g/mol. The van der Waals surface area contributed by atoms with Crippen LogP contribution in [0.25, 0.3) is 0 Å². The topological polar surface area (TPSA) is 0 Å². The third-order valence-corrected chi connectivity index (χ3v) is 1.05. The maximum atomic E-state index is 11.4. The van der Waals surface area contributed by atoms with E-state index in [1.54, 1.807) is 0 Å². The average Bonchev–Trinajstić information content (AvgIpc) is 2.35. The molecule has 0 bridgehead atoms. The Balaban J connectivity index is 0. The van der Waals surface area contributed by atoms with Crippen LogP contribution in [0.2, 0.25) is 0 Å². The molecule has 20 heavy (non-hydrogen) atoms. The molecule has 116 valence electrons. The fraction of sp³-hybridized carbons (Fsp3) is 0. The highest BCUT2D eigenvalue weighted by Crippen LogP contribution is 2.24. The van der Waals surface area contributed by atoms with Crippen molar-refractivity contribution in [3.8, 4) is 0 Å². The predicted molar refractivity (Wildman–Crippen MR) is 41.4 cm³/mol. The van der Waals surface area contributed by atoms with Crippen molar-refractivity contribution in [2.24, 2.45) is 0 Å². The summed E-state index contributed by atoms with van der Waals surface area (Å²) >= 11 is 0. The number of halogens is 12. The van der Waals surface area contributed by atoms with Crippen molar-refractivity contribution in [3.05, 3.63) is 47.6 Å². The summed E-state index contributed by atoms with van der Waals surface area (Å²) in [5.74, 6) is -11.3. The largest absolute Gasteiger partial charge is 0.308 e. The molecule has 0 aliphatic heterocycles. The Morgan fingerprint density at radius 3 is 0.400 bits per heavy atom. The second-order valence-corrected chi connectivity index (χ2v) is 2.30. The van der Waals surface area contributed by atoms with E-state index in [4.69, 9.17) is 0 Å². The van der Waals surface area contributed by atoms with E-state index in [-0.39, 0.29) is 0 Å². The normalized spacial score (nSPS) is 9.00. The van der Waals surface area contributed by atoms with Gasteiger partial charge >= 0.3 is 24.3 Å². The van der Waals surface area contributed by atoms with Crippen LogP contribution in [0.5, 0.6) is 0 Å². The van der Waals surface area contributed by atoms with Crippen LogP contribution in [0.4, 0.5) is 52.7 Å². The zero-order valence-electron chi connectivity index (χ0n) is 8.54. The van der Waals surface area contributed by atoms with Gasteiger partial charge in [-0.05, 0) is 0 Å². The highest BCUT2D eigenvalue weighted by atomic mass is 19.3. The Hall–Kier alpha value is -1.88. The van der Waals surface area contributed by atoms with E-state index in [9.17, 15) is 52.7 Å². The van der Waals surface area contributed by atoms with Gasteiger partial charge in [-0.2, -0.15) is 52.7 Å². The Labute approximate surface area is 102 Å². The van der Waals surface area contributed by atoms with Gasteiger partial charge < -0.3 is 0 Å². The van der Waals surface area contributed by atoms with Gasteiger partial charge in [0.25, 0.3) is 0 Å². The molecule has 0 atom stereocenters. The van der Waals surface area contributed by atoms with E-state index in [1.807, 2.05) is 0 Å². The lowest BCUT2D eigenvalue weighted by molar-refractivity contribution is 0.340. The molecule has 0 saturated heterocycles. The van der Waals surface area contributed by atoms with Crippen LogP contribution in [0.1, 0.15) is 0 Å². The van der Waals surface area contributed by atoms with Gasteiger partial charge in [-0.25, -0.2) is 0 Å². The summed E-state index contributed by atoms with van der Waals surface area (Å²) < 4.78 is 133. The SMILES string of the molecule is FC(F)=C(F)C(F)=C(F)F.FC(F)=C(F)C(F)=C(F)F. The zero-order valence-corrected chi connectivity index (χ0v) is 8.54. The molecule has 0 amide bonds. The van der Waals surface area contributed by atoms with Gasteiger partial charge in [-0.3, -0.25) is 0 Å². The molecule has 0 fully saturated rings. The van der Waals surface area contributed by atoms with E-state index in [0.717, 1.165) is 0 Å². The Morgan fingerprint density at radius 1 is 0.250 bits per heavy atom. The van der Waals surface area contributed by atoms with E-state index >= 15 is 0 Å². The second-order valence-electron chi connectivity index (χ2n) is 2.30. The highest BCUT2D eigenvalue weighted by Gasteiger charge is 2.17. The van der Waals surface area contributed by atoms with Crippen LogP contribution >= 0.6 is 0 Å². The lowest BCUT2D eigenvalue weighted by Gasteiger charge is -1.87. The Morgan fingerprint density at radius 2 is 0.350 bits per heavy atom. The minimum Gasteiger partial charge on any atom is -0.198 e. The lowest BCUT2D eigenvalue weighted by Crippen LogP contribution is -1.78.